The predicted molar refractivity (Wildman–Crippen MR) is 87.8 cm³/mol. The molecule has 0 heterocycles. The number of hydrogen-bond donors (Lipinski definition) is 1. The molecule has 0 radical (unpaired) electrons. The molecule has 5 heteroatoms. The standard InChI is InChI=1S/C16H13FINO2/c17-12-2-1-3-14(10-12)19-16(21)9-8-15(20)11-4-6-13(18)7-5-11/h1-7,10H,8-9H2,(H,19,21). The molecule has 2 aromatic carbocycles. The number of halogens is 2. The van der Waals surface area contributed by atoms with E-state index in [1.165, 1.54) is 18.2 Å². The highest BCUT2D eigenvalue weighted by atomic mass is 127. The molecular weight excluding hydrogens is 384 g/mol. The molecule has 0 aliphatic carbocycles. The van der Waals surface area contributed by atoms with Gasteiger partial charge in [-0.05, 0) is 52.9 Å². The van der Waals surface area contributed by atoms with E-state index in [0.717, 1.165) is 3.57 Å². The Bertz CT molecular complexity index is 656. The quantitative estimate of drug-likeness (QED) is 0.612. The Kier molecular flexibility index (Phi) is 5.44. The maximum atomic E-state index is 13.0. The summed E-state index contributed by atoms with van der Waals surface area (Å²) in [5.74, 6) is -0.803. The molecule has 0 aliphatic rings. The maximum Gasteiger partial charge on any atom is 0.224 e. The molecular formula is C16H13FINO2. The van der Waals surface area contributed by atoms with Gasteiger partial charge in [-0.25, -0.2) is 4.39 Å². The summed E-state index contributed by atoms with van der Waals surface area (Å²) in [6.45, 7) is 0. The van der Waals surface area contributed by atoms with Crippen LogP contribution in [0.15, 0.2) is 48.5 Å². The van der Waals surface area contributed by atoms with E-state index in [2.05, 4.69) is 27.9 Å². The largest absolute Gasteiger partial charge is 0.326 e. The zero-order valence-corrected chi connectivity index (χ0v) is 13.3. The van der Waals surface area contributed by atoms with Crippen molar-refractivity contribution in [1.82, 2.24) is 0 Å². The first-order valence-electron chi connectivity index (χ1n) is 6.39. The molecule has 0 aliphatic heterocycles. The smallest absolute Gasteiger partial charge is 0.224 e. The van der Waals surface area contributed by atoms with E-state index in [1.54, 1.807) is 18.2 Å². The molecule has 108 valence electrons. The Morgan fingerprint density at radius 2 is 1.76 bits per heavy atom. The van der Waals surface area contributed by atoms with E-state index < -0.39 is 5.82 Å². The van der Waals surface area contributed by atoms with Crippen molar-refractivity contribution in [3.63, 3.8) is 0 Å². The van der Waals surface area contributed by atoms with Gasteiger partial charge in [0, 0.05) is 27.7 Å². The highest BCUT2D eigenvalue weighted by Gasteiger charge is 2.09. The molecule has 21 heavy (non-hydrogen) atoms. The SMILES string of the molecule is O=C(CCC(=O)c1ccc(I)cc1)Nc1cccc(F)c1. The summed E-state index contributed by atoms with van der Waals surface area (Å²) in [4.78, 5) is 23.7. The van der Waals surface area contributed by atoms with Crippen LogP contribution in [0.1, 0.15) is 23.2 Å². The van der Waals surface area contributed by atoms with Crippen LogP contribution in [0.25, 0.3) is 0 Å². The molecule has 0 spiro atoms. The molecule has 2 aromatic rings. The highest BCUT2D eigenvalue weighted by Crippen LogP contribution is 2.12. The molecule has 0 atom stereocenters. The van der Waals surface area contributed by atoms with Gasteiger partial charge in [0.25, 0.3) is 0 Å². The first-order chi connectivity index (χ1) is 10.0. The van der Waals surface area contributed by atoms with Gasteiger partial charge in [-0.15, -0.1) is 0 Å². The van der Waals surface area contributed by atoms with Crippen LogP contribution < -0.4 is 5.32 Å². The highest BCUT2D eigenvalue weighted by molar-refractivity contribution is 14.1. The molecule has 2 rings (SSSR count). The summed E-state index contributed by atoms with van der Waals surface area (Å²) in [5, 5.41) is 2.57. The summed E-state index contributed by atoms with van der Waals surface area (Å²) in [6.07, 6.45) is 0.197. The maximum absolute atomic E-state index is 13.0. The van der Waals surface area contributed by atoms with Crippen molar-refractivity contribution in [2.45, 2.75) is 12.8 Å². The number of ketones is 1. The zero-order valence-electron chi connectivity index (χ0n) is 11.1. The van der Waals surface area contributed by atoms with Crippen LogP contribution in [0.2, 0.25) is 0 Å². The summed E-state index contributed by atoms with van der Waals surface area (Å²) < 4.78 is 14.0. The van der Waals surface area contributed by atoms with Crippen molar-refractivity contribution in [3.8, 4) is 0 Å². The Balaban J connectivity index is 1.86. The number of anilines is 1. The lowest BCUT2D eigenvalue weighted by Gasteiger charge is -2.05. The van der Waals surface area contributed by atoms with E-state index in [-0.39, 0.29) is 24.5 Å². The molecule has 3 nitrogen and oxygen atoms in total. The number of carbonyl (C=O) groups is 2. The minimum Gasteiger partial charge on any atom is -0.326 e. The molecule has 0 unspecified atom stereocenters. The third-order valence-corrected chi connectivity index (χ3v) is 3.57. The van der Waals surface area contributed by atoms with Crippen LogP contribution in [0, 0.1) is 9.39 Å². The van der Waals surface area contributed by atoms with Gasteiger partial charge in [-0.2, -0.15) is 0 Å². The second-order valence-corrected chi connectivity index (χ2v) is 5.73. The summed E-state index contributed by atoms with van der Waals surface area (Å²) in [6, 6.07) is 12.8. The predicted octanol–water partition coefficient (Wildman–Crippen LogP) is 4.03. The van der Waals surface area contributed by atoms with Gasteiger partial charge >= 0.3 is 0 Å². The topological polar surface area (TPSA) is 46.2 Å². The van der Waals surface area contributed by atoms with Crippen LogP contribution in [-0.4, -0.2) is 11.7 Å². The van der Waals surface area contributed by atoms with Crippen LogP contribution in [0.5, 0.6) is 0 Å². The molecule has 0 aromatic heterocycles. The van der Waals surface area contributed by atoms with Crippen LogP contribution in [-0.2, 0) is 4.79 Å². The fraction of sp³-hybridized carbons (Fsp3) is 0.125. The first kappa shape index (κ1) is 15.6. The number of benzene rings is 2. The third kappa shape index (κ3) is 4.93. The lowest BCUT2D eigenvalue weighted by Crippen LogP contribution is -2.13. The molecule has 0 saturated heterocycles. The van der Waals surface area contributed by atoms with Crippen molar-refractivity contribution < 1.29 is 14.0 Å². The average molecular weight is 397 g/mol. The molecule has 1 amide bonds. The second kappa shape index (κ2) is 7.31. The number of hydrogen-bond acceptors (Lipinski definition) is 2. The number of rotatable bonds is 5. The van der Waals surface area contributed by atoms with Gasteiger partial charge < -0.3 is 5.32 Å². The van der Waals surface area contributed by atoms with E-state index in [9.17, 15) is 14.0 Å². The molecule has 0 saturated carbocycles. The van der Waals surface area contributed by atoms with Crippen molar-refractivity contribution in [2.24, 2.45) is 0 Å². The molecule has 0 bridgehead atoms. The second-order valence-electron chi connectivity index (χ2n) is 4.49. The number of nitrogens with one attached hydrogen (secondary N) is 1. The zero-order chi connectivity index (χ0) is 15.2. The van der Waals surface area contributed by atoms with Gasteiger partial charge in [0.05, 0.1) is 0 Å². The number of carbonyl (C=O) groups excluding carboxylic acids is 2. The van der Waals surface area contributed by atoms with Gasteiger partial charge in [0.1, 0.15) is 5.82 Å². The van der Waals surface area contributed by atoms with Crippen molar-refractivity contribution in [1.29, 1.82) is 0 Å². The Morgan fingerprint density at radius 3 is 2.43 bits per heavy atom. The number of amides is 1. The first-order valence-corrected chi connectivity index (χ1v) is 7.46. The van der Waals surface area contributed by atoms with Crippen LogP contribution in [0.4, 0.5) is 10.1 Å². The van der Waals surface area contributed by atoms with E-state index >= 15 is 0 Å². The molecule has 0 fully saturated rings. The van der Waals surface area contributed by atoms with E-state index in [4.69, 9.17) is 0 Å². The Morgan fingerprint density at radius 1 is 1.05 bits per heavy atom. The Hall–Kier alpha value is -1.76. The number of Topliss-reactive ketones (excluding diaryl/α,β-unsaturated/α-hetero) is 1. The minimum absolute atomic E-state index is 0.0708. The van der Waals surface area contributed by atoms with Gasteiger partial charge in [0.15, 0.2) is 5.78 Å². The van der Waals surface area contributed by atoms with E-state index in [1.807, 2.05) is 12.1 Å². The van der Waals surface area contributed by atoms with Crippen molar-refractivity contribution >= 4 is 40.0 Å². The van der Waals surface area contributed by atoms with Crippen LogP contribution in [0.3, 0.4) is 0 Å². The van der Waals surface area contributed by atoms with E-state index in [0.29, 0.717) is 11.3 Å². The Labute approximate surface area is 135 Å². The summed E-state index contributed by atoms with van der Waals surface area (Å²) in [7, 11) is 0. The van der Waals surface area contributed by atoms with Crippen molar-refractivity contribution in [2.75, 3.05) is 5.32 Å². The van der Waals surface area contributed by atoms with Gasteiger partial charge in [-0.1, -0.05) is 18.2 Å². The van der Waals surface area contributed by atoms with Crippen molar-refractivity contribution in [3.05, 3.63) is 63.5 Å². The van der Waals surface area contributed by atoms with Gasteiger partial charge in [0.2, 0.25) is 5.91 Å². The molecule has 1 N–H and O–H groups in total. The van der Waals surface area contributed by atoms with Gasteiger partial charge in [-0.3, -0.25) is 9.59 Å². The monoisotopic (exact) mass is 397 g/mol. The minimum atomic E-state index is -0.414. The fourth-order valence-corrected chi connectivity index (χ4v) is 2.16. The van der Waals surface area contributed by atoms with Crippen LogP contribution >= 0.6 is 22.6 Å². The fourth-order valence-electron chi connectivity index (χ4n) is 1.80. The lowest BCUT2D eigenvalue weighted by molar-refractivity contribution is -0.116. The third-order valence-electron chi connectivity index (χ3n) is 2.85. The summed E-state index contributed by atoms with van der Waals surface area (Å²) in [5.41, 5.74) is 0.982. The normalized spacial score (nSPS) is 10.2. The lowest BCUT2D eigenvalue weighted by atomic mass is 10.1. The summed E-state index contributed by atoms with van der Waals surface area (Å²) >= 11 is 2.16. The average Bonchev–Trinajstić information content (AvgIpc) is 2.45.